The average Bonchev–Trinajstić information content (AvgIpc) is 2.26. The Balaban J connectivity index is 2.35. The Morgan fingerprint density at radius 3 is 2.37 bits per heavy atom. The summed E-state index contributed by atoms with van der Waals surface area (Å²) >= 11 is 1.26. The Labute approximate surface area is 115 Å². The molecule has 0 bridgehead atoms. The normalized spacial score (nSPS) is 10.5. The van der Waals surface area contributed by atoms with Gasteiger partial charge in [-0.25, -0.2) is 19.7 Å². The first-order chi connectivity index (χ1) is 8.94. The molecule has 5 nitrogen and oxygen atoms in total. The summed E-state index contributed by atoms with van der Waals surface area (Å²) in [5.41, 5.74) is 2.63. The van der Waals surface area contributed by atoms with Gasteiger partial charge in [0.15, 0.2) is 10.9 Å². The van der Waals surface area contributed by atoms with Gasteiger partial charge < -0.3 is 5.11 Å². The molecule has 0 spiro atoms. The summed E-state index contributed by atoms with van der Waals surface area (Å²) in [4.78, 5) is 23.5. The van der Waals surface area contributed by atoms with Crippen LogP contribution in [0.3, 0.4) is 0 Å². The molecule has 1 N–H and O–H groups in total. The lowest BCUT2D eigenvalue weighted by Crippen LogP contribution is -2.04. The van der Waals surface area contributed by atoms with E-state index in [0.29, 0.717) is 10.9 Å². The second-order valence-electron chi connectivity index (χ2n) is 4.21. The van der Waals surface area contributed by atoms with Crippen molar-refractivity contribution in [3.8, 4) is 0 Å². The first-order valence-electron chi connectivity index (χ1n) is 5.66. The summed E-state index contributed by atoms with van der Waals surface area (Å²) in [6.07, 6.45) is 0. The highest BCUT2D eigenvalue weighted by Gasteiger charge is 2.10. The van der Waals surface area contributed by atoms with Crippen LogP contribution in [-0.2, 0) is 0 Å². The van der Waals surface area contributed by atoms with Crippen LogP contribution in [0.15, 0.2) is 28.4 Å². The van der Waals surface area contributed by atoms with E-state index in [1.165, 1.54) is 17.8 Å². The van der Waals surface area contributed by atoms with E-state index in [2.05, 4.69) is 15.0 Å². The van der Waals surface area contributed by atoms with Crippen LogP contribution in [0.2, 0.25) is 0 Å². The van der Waals surface area contributed by atoms with Crippen LogP contribution >= 0.6 is 11.8 Å². The van der Waals surface area contributed by atoms with E-state index in [-0.39, 0.29) is 5.69 Å². The molecule has 6 heteroatoms. The first-order valence-corrected chi connectivity index (χ1v) is 6.48. The zero-order valence-electron chi connectivity index (χ0n) is 10.8. The van der Waals surface area contributed by atoms with Crippen molar-refractivity contribution in [1.29, 1.82) is 0 Å². The summed E-state index contributed by atoms with van der Waals surface area (Å²) in [6.45, 7) is 5.64. The summed E-state index contributed by atoms with van der Waals surface area (Å²) in [5, 5.41) is 10.1. The second-order valence-corrected chi connectivity index (χ2v) is 5.20. The molecule has 2 aromatic rings. The number of nitrogens with zero attached hydrogens (tertiary/aromatic N) is 3. The number of hydrogen-bond acceptors (Lipinski definition) is 5. The van der Waals surface area contributed by atoms with Crippen molar-refractivity contribution in [2.24, 2.45) is 0 Å². The minimum absolute atomic E-state index is 0.000579. The molecule has 0 aliphatic carbocycles. The molecule has 0 aliphatic heterocycles. The van der Waals surface area contributed by atoms with Gasteiger partial charge in [-0.2, -0.15) is 0 Å². The SMILES string of the molecule is Cc1cc(C)nc(Sc2nc(C)cc(C(=O)O)n2)c1. The average molecular weight is 275 g/mol. The molecule has 0 unspecified atom stereocenters. The summed E-state index contributed by atoms with van der Waals surface area (Å²) in [7, 11) is 0. The van der Waals surface area contributed by atoms with Crippen molar-refractivity contribution in [3.63, 3.8) is 0 Å². The lowest BCUT2D eigenvalue weighted by Gasteiger charge is -2.04. The third-order valence-electron chi connectivity index (χ3n) is 2.32. The largest absolute Gasteiger partial charge is 0.477 e. The van der Waals surface area contributed by atoms with Gasteiger partial charge in [-0.3, -0.25) is 0 Å². The van der Waals surface area contributed by atoms with Crippen molar-refractivity contribution in [3.05, 3.63) is 40.8 Å². The number of aryl methyl sites for hydroxylation is 3. The number of carboxylic acids is 1. The third kappa shape index (κ3) is 3.51. The molecule has 0 radical (unpaired) electrons. The Hall–Kier alpha value is -1.95. The van der Waals surface area contributed by atoms with Crippen molar-refractivity contribution in [2.75, 3.05) is 0 Å². The molecule has 0 aromatic carbocycles. The molecule has 0 saturated carbocycles. The van der Waals surface area contributed by atoms with Gasteiger partial charge in [0.2, 0.25) is 0 Å². The van der Waals surface area contributed by atoms with Crippen molar-refractivity contribution < 1.29 is 9.90 Å². The quantitative estimate of drug-likeness (QED) is 0.868. The Morgan fingerprint density at radius 1 is 1.05 bits per heavy atom. The lowest BCUT2D eigenvalue weighted by molar-refractivity contribution is 0.0689. The van der Waals surface area contributed by atoms with Gasteiger partial charge in [-0.1, -0.05) is 0 Å². The molecule has 19 heavy (non-hydrogen) atoms. The van der Waals surface area contributed by atoms with E-state index in [1.807, 2.05) is 26.0 Å². The van der Waals surface area contributed by atoms with Crippen LogP contribution in [-0.4, -0.2) is 26.0 Å². The number of carbonyl (C=O) groups is 1. The Morgan fingerprint density at radius 2 is 1.74 bits per heavy atom. The van der Waals surface area contributed by atoms with E-state index in [0.717, 1.165) is 16.3 Å². The number of aromatic carboxylic acids is 1. The molecule has 0 atom stereocenters. The topological polar surface area (TPSA) is 76.0 Å². The molecule has 0 fully saturated rings. The van der Waals surface area contributed by atoms with Crippen LogP contribution in [0.1, 0.15) is 27.4 Å². The van der Waals surface area contributed by atoms with E-state index < -0.39 is 5.97 Å². The van der Waals surface area contributed by atoms with Crippen LogP contribution in [0, 0.1) is 20.8 Å². The van der Waals surface area contributed by atoms with Gasteiger partial charge in [-0.05, 0) is 56.3 Å². The highest BCUT2D eigenvalue weighted by Crippen LogP contribution is 2.24. The lowest BCUT2D eigenvalue weighted by atomic mass is 10.3. The van der Waals surface area contributed by atoms with Crippen LogP contribution in [0.25, 0.3) is 0 Å². The fraction of sp³-hybridized carbons (Fsp3) is 0.231. The van der Waals surface area contributed by atoms with Gasteiger partial charge in [0.05, 0.1) is 0 Å². The van der Waals surface area contributed by atoms with Crippen molar-refractivity contribution >= 4 is 17.7 Å². The molecule has 2 rings (SSSR count). The van der Waals surface area contributed by atoms with Gasteiger partial charge in [0, 0.05) is 11.4 Å². The van der Waals surface area contributed by atoms with E-state index in [9.17, 15) is 4.79 Å². The predicted molar refractivity (Wildman–Crippen MR) is 71.6 cm³/mol. The summed E-state index contributed by atoms with van der Waals surface area (Å²) in [5.74, 6) is -1.05. The highest BCUT2D eigenvalue weighted by atomic mass is 32.2. The standard InChI is InChI=1S/C13H13N3O2S/c1-7-4-8(2)14-11(5-7)19-13-15-9(3)6-10(16-13)12(17)18/h4-6H,1-3H3,(H,17,18). The fourth-order valence-corrected chi connectivity index (χ4v) is 2.60. The highest BCUT2D eigenvalue weighted by molar-refractivity contribution is 7.99. The predicted octanol–water partition coefficient (Wildman–Crippen LogP) is 2.65. The van der Waals surface area contributed by atoms with E-state index in [1.54, 1.807) is 6.92 Å². The van der Waals surface area contributed by atoms with Crippen LogP contribution < -0.4 is 0 Å². The maximum atomic E-state index is 11.0. The smallest absolute Gasteiger partial charge is 0.354 e. The minimum Gasteiger partial charge on any atom is -0.477 e. The maximum absolute atomic E-state index is 11.0. The minimum atomic E-state index is -1.05. The van der Waals surface area contributed by atoms with Crippen LogP contribution in [0.4, 0.5) is 0 Å². The number of hydrogen-bond donors (Lipinski definition) is 1. The van der Waals surface area contributed by atoms with Gasteiger partial charge >= 0.3 is 5.97 Å². The summed E-state index contributed by atoms with van der Waals surface area (Å²) in [6, 6.07) is 5.34. The second kappa shape index (κ2) is 5.36. The summed E-state index contributed by atoms with van der Waals surface area (Å²) < 4.78 is 0. The van der Waals surface area contributed by atoms with Crippen LogP contribution in [0.5, 0.6) is 0 Å². The molecule has 98 valence electrons. The van der Waals surface area contributed by atoms with E-state index >= 15 is 0 Å². The molecule has 0 saturated heterocycles. The van der Waals surface area contributed by atoms with E-state index in [4.69, 9.17) is 5.11 Å². The monoisotopic (exact) mass is 275 g/mol. The zero-order chi connectivity index (χ0) is 14.0. The van der Waals surface area contributed by atoms with Gasteiger partial charge in [-0.15, -0.1) is 0 Å². The maximum Gasteiger partial charge on any atom is 0.354 e. The molecule has 2 heterocycles. The van der Waals surface area contributed by atoms with Crippen molar-refractivity contribution in [1.82, 2.24) is 15.0 Å². The molecule has 0 amide bonds. The Bertz CT molecular complexity index is 624. The van der Waals surface area contributed by atoms with Crippen molar-refractivity contribution in [2.45, 2.75) is 31.0 Å². The Kier molecular flexibility index (Phi) is 3.80. The number of pyridine rings is 1. The molecule has 0 aliphatic rings. The molecular formula is C13H13N3O2S. The third-order valence-corrected chi connectivity index (χ3v) is 3.11. The first kappa shape index (κ1) is 13.5. The number of aromatic nitrogens is 3. The fourth-order valence-electron chi connectivity index (χ4n) is 1.65. The van der Waals surface area contributed by atoms with Gasteiger partial charge in [0.25, 0.3) is 0 Å². The molecular weight excluding hydrogens is 262 g/mol. The molecule has 2 aromatic heterocycles. The number of rotatable bonds is 3. The van der Waals surface area contributed by atoms with Gasteiger partial charge in [0.1, 0.15) is 5.03 Å². The zero-order valence-corrected chi connectivity index (χ0v) is 11.7. The number of carboxylic acid groups (broad SMARTS) is 1.